The molecule has 0 spiro atoms. The first kappa shape index (κ1) is 58.6. The summed E-state index contributed by atoms with van der Waals surface area (Å²) in [5.74, 6) is -1.04. The number of esters is 3. The molecule has 0 rings (SSSR count). The van der Waals surface area contributed by atoms with Gasteiger partial charge in [-0.05, 0) is 96.3 Å². The van der Waals surface area contributed by atoms with Crippen molar-refractivity contribution in [1.82, 2.24) is 0 Å². The number of ether oxygens (including phenoxy) is 3. The van der Waals surface area contributed by atoms with Crippen LogP contribution in [-0.4, -0.2) is 37.2 Å². The topological polar surface area (TPSA) is 78.9 Å². The maximum atomic E-state index is 12.8. The van der Waals surface area contributed by atoms with Crippen LogP contribution in [0.3, 0.4) is 0 Å². The van der Waals surface area contributed by atoms with Crippen molar-refractivity contribution in [2.45, 2.75) is 194 Å². The average Bonchev–Trinajstić information content (AvgIpc) is 3.28. The molecule has 0 aliphatic carbocycles. The van der Waals surface area contributed by atoms with E-state index in [1.165, 1.54) is 44.9 Å². The van der Waals surface area contributed by atoms with E-state index in [9.17, 15) is 14.4 Å². The van der Waals surface area contributed by atoms with Crippen molar-refractivity contribution in [3.05, 3.63) is 134 Å². The third kappa shape index (κ3) is 48.4. The van der Waals surface area contributed by atoms with Gasteiger partial charge >= 0.3 is 17.9 Å². The lowest BCUT2D eigenvalue weighted by molar-refractivity contribution is -0.167. The molecule has 0 aromatic rings. The molecule has 0 aromatic heterocycles. The van der Waals surface area contributed by atoms with Gasteiger partial charge in [-0.3, -0.25) is 14.4 Å². The minimum atomic E-state index is -0.825. The number of carbonyl (C=O) groups is 3. The fraction of sp³-hybridized carbons (Fsp3) is 0.561. The summed E-state index contributed by atoms with van der Waals surface area (Å²) < 4.78 is 16.7. The Morgan fingerprint density at radius 2 is 0.714 bits per heavy atom. The van der Waals surface area contributed by atoms with E-state index in [4.69, 9.17) is 14.2 Å². The standard InChI is InChI=1S/C57H88O6/c1-4-7-10-13-16-19-22-24-26-28-30-32-35-38-41-44-47-50-56(59)62-53-54(52-61-55(58)49-46-43-40-37-34-21-18-15-12-9-6-3)63-57(60)51-48-45-42-39-36-33-31-29-27-25-23-20-17-14-11-8-5-2/h7,9-10,12-13,16-22,24-28,30,32,35,37,40,54H,4-6,8,11,14-15,23,29,31,33-34,36,38-39,41-53H2,1-3H3/b10-7-,12-9-,16-13-,20-17-,21-18-,22-19-,26-24-,27-25-,30-28+,35-32-,40-37-. The van der Waals surface area contributed by atoms with Crippen LogP contribution in [-0.2, 0) is 28.6 Å². The SMILES string of the molecule is CC\C=C/C=C\C=C/C=C\C=C\C=C/CCCCCC(=O)OCC(COC(=O)CCC/C=C\C/C=C\C/C=C\CC)OC(=O)CCCCCCCCC/C=C\C/C=C\CCCCC. The minimum Gasteiger partial charge on any atom is -0.462 e. The molecule has 352 valence electrons. The summed E-state index contributed by atoms with van der Waals surface area (Å²) in [7, 11) is 0. The van der Waals surface area contributed by atoms with E-state index in [1.807, 2.05) is 60.8 Å². The van der Waals surface area contributed by atoms with Gasteiger partial charge in [0.15, 0.2) is 6.10 Å². The van der Waals surface area contributed by atoms with Crippen LogP contribution < -0.4 is 0 Å². The van der Waals surface area contributed by atoms with Gasteiger partial charge in [0.2, 0.25) is 0 Å². The predicted molar refractivity (Wildman–Crippen MR) is 269 cm³/mol. The van der Waals surface area contributed by atoms with Crippen LogP contribution >= 0.6 is 0 Å². The van der Waals surface area contributed by atoms with Crippen LogP contribution in [0.1, 0.15) is 188 Å². The van der Waals surface area contributed by atoms with Crippen molar-refractivity contribution in [2.24, 2.45) is 0 Å². The van der Waals surface area contributed by atoms with E-state index in [0.717, 1.165) is 96.3 Å². The second-order valence-corrected chi connectivity index (χ2v) is 15.8. The molecule has 0 aliphatic heterocycles. The highest BCUT2D eigenvalue weighted by atomic mass is 16.6. The summed E-state index contributed by atoms with van der Waals surface area (Å²) in [5, 5.41) is 0. The molecule has 0 saturated carbocycles. The van der Waals surface area contributed by atoms with Crippen LogP contribution in [0.4, 0.5) is 0 Å². The van der Waals surface area contributed by atoms with Gasteiger partial charge < -0.3 is 14.2 Å². The number of unbranched alkanes of at least 4 members (excludes halogenated alkanes) is 14. The lowest BCUT2D eigenvalue weighted by Crippen LogP contribution is -2.30. The van der Waals surface area contributed by atoms with Crippen molar-refractivity contribution in [3.8, 4) is 0 Å². The maximum absolute atomic E-state index is 12.8. The first-order chi connectivity index (χ1) is 31.0. The largest absolute Gasteiger partial charge is 0.462 e. The van der Waals surface area contributed by atoms with Gasteiger partial charge in [-0.1, -0.05) is 206 Å². The first-order valence-electron chi connectivity index (χ1n) is 24.8. The van der Waals surface area contributed by atoms with Gasteiger partial charge in [-0.2, -0.15) is 0 Å². The first-order valence-corrected chi connectivity index (χ1v) is 24.8. The Hall–Kier alpha value is -4.45. The van der Waals surface area contributed by atoms with Gasteiger partial charge in [0.25, 0.3) is 0 Å². The zero-order valence-corrected chi connectivity index (χ0v) is 40.0. The Kier molecular flexibility index (Phi) is 46.7. The predicted octanol–water partition coefficient (Wildman–Crippen LogP) is 16.3. The Morgan fingerprint density at radius 1 is 0.349 bits per heavy atom. The van der Waals surface area contributed by atoms with E-state index in [1.54, 1.807) is 0 Å². The minimum absolute atomic E-state index is 0.125. The van der Waals surface area contributed by atoms with Gasteiger partial charge in [-0.25, -0.2) is 0 Å². The van der Waals surface area contributed by atoms with Crippen molar-refractivity contribution in [3.63, 3.8) is 0 Å². The number of hydrogen-bond acceptors (Lipinski definition) is 6. The summed E-state index contributed by atoms with van der Waals surface area (Å²) in [5.41, 5.74) is 0. The van der Waals surface area contributed by atoms with Crippen molar-refractivity contribution in [2.75, 3.05) is 13.2 Å². The zero-order chi connectivity index (χ0) is 45.8. The number of hydrogen-bond donors (Lipinski definition) is 0. The summed E-state index contributed by atoms with van der Waals surface area (Å²) in [6.07, 6.45) is 70.1. The number of rotatable bonds is 42. The fourth-order valence-corrected chi connectivity index (χ4v) is 6.11. The molecule has 0 aromatic carbocycles. The highest BCUT2D eigenvalue weighted by Crippen LogP contribution is 2.12. The van der Waals surface area contributed by atoms with Crippen LogP contribution in [0.2, 0.25) is 0 Å². The van der Waals surface area contributed by atoms with Crippen molar-refractivity contribution < 1.29 is 28.6 Å². The van der Waals surface area contributed by atoms with Crippen molar-refractivity contribution >= 4 is 17.9 Å². The van der Waals surface area contributed by atoms with Crippen LogP contribution in [0.15, 0.2) is 134 Å². The van der Waals surface area contributed by atoms with Gasteiger partial charge in [0.05, 0.1) is 0 Å². The number of allylic oxidation sites excluding steroid dienone is 22. The highest BCUT2D eigenvalue weighted by Gasteiger charge is 2.19. The summed E-state index contributed by atoms with van der Waals surface area (Å²) in [4.78, 5) is 37.9. The normalized spacial score (nSPS) is 13.3. The molecule has 0 bridgehead atoms. The maximum Gasteiger partial charge on any atom is 0.306 e. The monoisotopic (exact) mass is 869 g/mol. The molecule has 6 nitrogen and oxygen atoms in total. The molecular weight excluding hydrogens is 781 g/mol. The molecule has 0 aliphatic rings. The fourth-order valence-electron chi connectivity index (χ4n) is 6.11. The average molecular weight is 869 g/mol. The molecule has 0 radical (unpaired) electrons. The smallest absolute Gasteiger partial charge is 0.306 e. The molecule has 0 N–H and O–H groups in total. The molecule has 0 amide bonds. The van der Waals surface area contributed by atoms with Gasteiger partial charge in [-0.15, -0.1) is 0 Å². The van der Waals surface area contributed by atoms with Gasteiger partial charge in [0.1, 0.15) is 13.2 Å². The second-order valence-electron chi connectivity index (χ2n) is 15.8. The van der Waals surface area contributed by atoms with E-state index in [-0.39, 0.29) is 37.5 Å². The highest BCUT2D eigenvalue weighted by molar-refractivity contribution is 5.71. The Bertz CT molecular complexity index is 1420. The Labute approximate surface area is 385 Å². The molecule has 1 atom stereocenters. The lowest BCUT2D eigenvalue weighted by Gasteiger charge is -2.18. The third-order valence-electron chi connectivity index (χ3n) is 9.78. The molecule has 1 unspecified atom stereocenters. The molecule has 6 heteroatoms. The Morgan fingerprint density at radius 3 is 1.24 bits per heavy atom. The Balaban J connectivity index is 4.55. The lowest BCUT2D eigenvalue weighted by atomic mass is 10.1. The summed E-state index contributed by atoms with van der Waals surface area (Å²) in [6, 6.07) is 0. The van der Waals surface area contributed by atoms with Crippen LogP contribution in [0.5, 0.6) is 0 Å². The number of carbonyl (C=O) groups excluding carboxylic acids is 3. The zero-order valence-electron chi connectivity index (χ0n) is 40.0. The van der Waals surface area contributed by atoms with Crippen LogP contribution in [0, 0.1) is 0 Å². The molecule has 0 fully saturated rings. The van der Waals surface area contributed by atoms with Crippen LogP contribution in [0.25, 0.3) is 0 Å². The van der Waals surface area contributed by atoms with E-state index in [0.29, 0.717) is 19.3 Å². The third-order valence-corrected chi connectivity index (χ3v) is 9.78. The molecule has 63 heavy (non-hydrogen) atoms. The van der Waals surface area contributed by atoms with Gasteiger partial charge in [0, 0.05) is 19.3 Å². The quantitative estimate of drug-likeness (QED) is 0.0200. The van der Waals surface area contributed by atoms with E-state index in [2.05, 4.69) is 93.7 Å². The molecular formula is C57H88O6. The summed E-state index contributed by atoms with van der Waals surface area (Å²) in [6.45, 7) is 6.23. The van der Waals surface area contributed by atoms with E-state index < -0.39 is 6.10 Å². The van der Waals surface area contributed by atoms with E-state index >= 15 is 0 Å². The summed E-state index contributed by atoms with van der Waals surface area (Å²) >= 11 is 0. The van der Waals surface area contributed by atoms with Crippen molar-refractivity contribution in [1.29, 1.82) is 0 Å². The molecule has 0 heterocycles. The second kappa shape index (κ2) is 50.2. The molecule has 0 saturated heterocycles.